The molecule has 3 nitrogen and oxygen atoms in total. The molecule has 0 aliphatic heterocycles. The highest BCUT2D eigenvalue weighted by Gasteiger charge is 2.07. The maximum Gasteiger partial charge on any atom is 0.201 e. The van der Waals surface area contributed by atoms with Gasteiger partial charge in [-0.15, -0.1) is 0 Å². The molecular formula is C7H14O3. The van der Waals surface area contributed by atoms with Crippen LogP contribution in [0.1, 0.15) is 20.3 Å². The zero-order valence-electron chi connectivity index (χ0n) is 6.41. The Morgan fingerprint density at radius 3 is 2.60 bits per heavy atom. The quantitative estimate of drug-likeness (QED) is 0.468. The first-order valence-corrected chi connectivity index (χ1v) is 3.30. The van der Waals surface area contributed by atoms with Crippen LogP contribution in [-0.2, 0) is 9.47 Å². The van der Waals surface area contributed by atoms with Crippen LogP contribution in [0.3, 0.4) is 0 Å². The first kappa shape index (κ1) is 9.46. The fourth-order valence-corrected chi connectivity index (χ4v) is 0.552. The number of hydrogen-bond acceptors (Lipinski definition) is 3. The standard InChI is InChI=1S/C7H14O3/c1-4-7(9-5-2)10-6(3)8/h5-8H,2,4H2,1,3H3. The van der Waals surface area contributed by atoms with Gasteiger partial charge < -0.3 is 14.6 Å². The minimum atomic E-state index is -0.787. The first-order chi connectivity index (χ1) is 4.70. The molecule has 0 aliphatic carbocycles. The van der Waals surface area contributed by atoms with Crippen molar-refractivity contribution in [3.05, 3.63) is 12.8 Å². The molecule has 10 heavy (non-hydrogen) atoms. The van der Waals surface area contributed by atoms with Crippen molar-refractivity contribution in [2.45, 2.75) is 32.8 Å². The molecular weight excluding hydrogens is 132 g/mol. The third-order valence-corrected chi connectivity index (χ3v) is 0.930. The van der Waals surface area contributed by atoms with Crippen LogP contribution in [0.15, 0.2) is 12.8 Å². The van der Waals surface area contributed by atoms with Crippen LogP contribution in [0.5, 0.6) is 0 Å². The van der Waals surface area contributed by atoms with E-state index in [0.29, 0.717) is 6.42 Å². The molecule has 0 aromatic rings. The van der Waals surface area contributed by atoms with E-state index in [2.05, 4.69) is 6.58 Å². The molecule has 1 N–H and O–H groups in total. The van der Waals surface area contributed by atoms with E-state index in [1.807, 2.05) is 6.92 Å². The zero-order chi connectivity index (χ0) is 7.98. The molecule has 0 rings (SSSR count). The summed E-state index contributed by atoms with van der Waals surface area (Å²) in [5, 5.41) is 8.74. The molecule has 0 aromatic carbocycles. The molecule has 0 aliphatic rings. The van der Waals surface area contributed by atoms with Crippen molar-refractivity contribution < 1.29 is 14.6 Å². The van der Waals surface area contributed by atoms with Gasteiger partial charge in [-0.05, 0) is 6.92 Å². The van der Waals surface area contributed by atoms with E-state index in [9.17, 15) is 0 Å². The van der Waals surface area contributed by atoms with E-state index in [0.717, 1.165) is 0 Å². The van der Waals surface area contributed by atoms with Gasteiger partial charge in [-0.25, -0.2) is 0 Å². The van der Waals surface area contributed by atoms with Crippen LogP contribution < -0.4 is 0 Å². The van der Waals surface area contributed by atoms with Gasteiger partial charge in [0, 0.05) is 6.42 Å². The molecule has 0 spiro atoms. The average Bonchev–Trinajstić information content (AvgIpc) is 1.86. The highest BCUT2D eigenvalue weighted by atomic mass is 16.7. The van der Waals surface area contributed by atoms with Crippen molar-refractivity contribution in [3.63, 3.8) is 0 Å². The Kier molecular flexibility index (Phi) is 4.98. The zero-order valence-corrected chi connectivity index (χ0v) is 6.41. The Morgan fingerprint density at radius 2 is 2.30 bits per heavy atom. The number of aliphatic hydroxyl groups excluding tert-OH is 1. The van der Waals surface area contributed by atoms with E-state index in [1.165, 1.54) is 13.2 Å². The number of rotatable bonds is 5. The molecule has 0 heterocycles. The molecule has 0 aromatic heterocycles. The number of ether oxygens (including phenoxy) is 2. The predicted molar refractivity (Wildman–Crippen MR) is 38.1 cm³/mol. The second-order valence-corrected chi connectivity index (χ2v) is 1.88. The van der Waals surface area contributed by atoms with Crippen molar-refractivity contribution in [3.8, 4) is 0 Å². The molecule has 0 saturated carbocycles. The average molecular weight is 146 g/mol. The highest BCUT2D eigenvalue weighted by Crippen LogP contribution is 2.02. The van der Waals surface area contributed by atoms with Gasteiger partial charge in [0.1, 0.15) is 0 Å². The summed E-state index contributed by atoms with van der Waals surface area (Å²) in [6, 6.07) is 0. The maximum atomic E-state index is 8.74. The largest absolute Gasteiger partial charge is 0.473 e. The molecule has 0 radical (unpaired) electrons. The summed E-state index contributed by atoms with van der Waals surface area (Å²) in [6.07, 6.45) is 0.829. The predicted octanol–water partition coefficient (Wildman–Crippen LogP) is 1.24. The fourth-order valence-electron chi connectivity index (χ4n) is 0.552. The van der Waals surface area contributed by atoms with Gasteiger partial charge in [0.25, 0.3) is 0 Å². The van der Waals surface area contributed by atoms with E-state index in [1.54, 1.807) is 0 Å². The Morgan fingerprint density at radius 1 is 1.70 bits per heavy atom. The summed E-state index contributed by atoms with van der Waals surface area (Å²) in [5.74, 6) is 0. The maximum absolute atomic E-state index is 8.74. The van der Waals surface area contributed by atoms with Crippen LogP contribution in [0.4, 0.5) is 0 Å². The summed E-state index contributed by atoms with van der Waals surface area (Å²) >= 11 is 0. The van der Waals surface area contributed by atoms with Gasteiger partial charge in [0.15, 0.2) is 6.29 Å². The van der Waals surface area contributed by atoms with Gasteiger partial charge in [-0.2, -0.15) is 0 Å². The van der Waals surface area contributed by atoms with Crippen molar-refractivity contribution >= 4 is 0 Å². The van der Waals surface area contributed by atoms with Crippen molar-refractivity contribution in [1.82, 2.24) is 0 Å². The van der Waals surface area contributed by atoms with Crippen LogP contribution in [0.25, 0.3) is 0 Å². The van der Waals surface area contributed by atoms with Gasteiger partial charge in [0.05, 0.1) is 6.26 Å². The van der Waals surface area contributed by atoms with Crippen molar-refractivity contribution in [1.29, 1.82) is 0 Å². The Hall–Kier alpha value is -0.540. The topological polar surface area (TPSA) is 38.7 Å². The Balaban J connectivity index is 3.48. The molecule has 2 unspecified atom stereocenters. The molecule has 0 amide bonds. The van der Waals surface area contributed by atoms with Crippen molar-refractivity contribution in [2.75, 3.05) is 0 Å². The lowest BCUT2D eigenvalue weighted by atomic mass is 10.5. The number of aliphatic hydroxyl groups is 1. The van der Waals surface area contributed by atoms with Gasteiger partial charge in [-0.1, -0.05) is 13.5 Å². The lowest BCUT2D eigenvalue weighted by Gasteiger charge is -2.16. The van der Waals surface area contributed by atoms with Crippen LogP contribution in [0.2, 0.25) is 0 Å². The van der Waals surface area contributed by atoms with E-state index >= 15 is 0 Å². The van der Waals surface area contributed by atoms with E-state index < -0.39 is 6.29 Å². The minimum Gasteiger partial charge on any atom is -0.473 e. The molecule has 0 bridgehead atoms. The lowest BCUT2D eigenvalue weighted by Crippen LogP contribution is -2.19. The highest BCUT2D eigenvalue weighted by molar-refractivity contribution is 4.52. The molecule has 0 fully saturated rings. The second kappa shape index (κ2) is 5.26. The van der Waals surface area contributed by atoms with Gasteiger partial charge >= 0.3 is 0 Å². The molecule has 2 atom stereocenters. The molecule has 0 saturated heterocycles. The van der Waals surface area contributed by atoms with Crippen LogP contribution >= 0.6 is 0 Å². The fraction of sp³-hybridized carbons (Fsp3) is 0.714. The Labute approximate surface area is 61.3 Å². The first-order valence-electron chi connectivity index (χ1n) is 3.30. The summed E-state index contributed by atoms with van der Waals surface area (Å²) in [4.78, 5) is 0. The monoisotopic (exact) mass is 146 g/mol. The summed E-state index contributed by atoms with van der Waals surface area (Å²) in [6.45, 7) is 6.81. The number of hydrogen-bond donors (Lipinski definition) is 1. The summed E-state index contributed by atoms with van der Waals surface area (Å²) in [7, 11) is 0. The summed E-state index contributed by atoms with van der Waals surface area (Å²) < 4.78 is 9.79. The molecule has 3 heteroatoms. The summed E-state index contributed by atoms with van der Waals surface area (Å²) in [5.41, 5.74) is 0. The SMILES string of the molecule is C=COC(CC)OC(C)O. The van der Waals surface area contributed by atoms with Gasteiger partial charge in [-0.3, -0.25) is 0 Å². The third-order valence-electron chi connectivity index (χ3n) is 0.930. The van der Waals surface area contributed by atoms with E-state index in [-0.39, 0.29) is 6.29 Å². The van der Waals surface area contributed by atoms with E-state index in [4.69, 9.17) is 14.6 Å². The lowest BCUT2D eigenvalue weighted by molar-refractivity contribution is -0.202. The minimum absolute atomic E-state index is 0.377. The Bertz CT molecular complexity index is 90.9. The third kappa shape index (κ3) is 4.35. The van der Waals surface area contributed by atoms with Crippen LogP contribution in [-0.4, -0.2) is 17.7 Å². The smallest absolute Gasteiger partial charge is 0.201 e. The molecule has 60 valence electrons. The van der Waals surface area contributed by atoms with Gasteiger partial charge in [0.2, 0.25) is 6.29 Å². The second-order valence-electron chi connectivity index (χ2n) is 1.88. The normalized spacial score (nSPS) is 15.9. The van der Waals surface area contributed by atoms with Crippen molar-refractivity contribution in [2.24, 2.45) is 0 Å². The van der Waals surface area contributed by atoms with Crippen LogP contribution in [0, 0.1) is 0 Å².